The molecule has 1 atom stereocenters. The van der Waals surface area contributed by atoms with Crippen molar-refractivity contribution >= 4 is 5.90 Å². The summed E-state index contributed by atoms with van der Waals surface area (Å²) in [4.78, 5) is 4.28. The lowest BCUT2D eigenvalue weighted by atomic mass is 9.43. The second-order valence-electron chi connectivity index (χ2n) is 6.25. The molecule has 0 radical (unpaired) electrons. The van der Waals surface area contributed by atoms with Crippen LogP contribution in [0.5, 0.6) is 0 Å². The molecule has 2 aliphatic rings. The van der Waals surface area contributed by atoms with Crippen molar-refractivity contribution in [2.24, 2.45) is 21.2 Å². The van der Waals surface area contributed by atoms with Gasteiger partial charge in [0.05, 0.1) is 30.8 Å². The zero-order chi connectivity index (χ0) is 15.2. The highest BCUT2D eigenvalue weighted by Crippen LogP contribution is 2.65. The van der Waals surface area contributed by atoms with E-state index in [-0.39, 0.29) is 18.4 Å². The molecule has 100 valence electrons. The van der Waals surface area contributed by atoms with Gasteiger partial charge in [-0.3, -0.25) is 4.99 Å². The number of hydrogen-bond acceptors (Lipinski definition) is 6. The summed E-state index contributed by atoms with van der Waals surface area (Å²) in [6, 6.07) is 7.37. The van der Waals surface area contributed by atoms with Crippen molar-refractivity contribution in [1.29, 1.82) is 21.0 Å². The molecule has 6 heteroatoms. The number of aliphatic imine (C=N–C) groups is 1. The first-order valence-corrected chi connectivity index (χ1v) is 6.15. The normalized spacial score (nSPS) is 28.9. The van der Waals surface area contributed by atoms with Crippen molar-refractivity contribution in [3.63, 3.8) is 0 Å². The van der Waals surface area contributed by atoms with Gasteiger partial charge in [-0.2, -0.15) is 21.0 Å². The number of rotatable bonds is 0. The van der Waals surface area contributed by atoms with Crippen LogP contribution in [0.3, 0.4) is 0 Å². The van der Waals surface area contributed by atoms with Crippen LogP contribution in [0.25, 0.3) is 0 Å². The molecule has 0 saturated heterocycles. The predicted molar refractivity (Wildman–Crippen MR) is 67.5 cm³/mol. The lowest BCUT2D eigenvalue weighted by Gasteiger charge is -2.54. The molecule has 1 aliphatic heterocycles. The van der Waals surface area contributed by atoms with Gasteiger partial charge in [0.25, 0.3) is 0 Å². The molecule has 0 N–H and O–H groups in total. The highest BCUT2D eigenvalue weighted by atomic mass is 16.5. The molecule has 1 unspecified atom stereocenters. The Labute approximate surface area is 117 Å². The van der Waals surface area contributed by atoms with Crippen LogP contribution in [0, 0.1) is 61.6 Å². The quantitative estimate of drug-likeness (QED) is 0.661. The fourth-order valence-corrected chi connectivity index (χ4v) is 2.79. The Morgan fingerprint density at radius 3 is 1.95 bits per heavy atom. The van der Waals surface area contributed by atoms with Gasteiger partial charge in [-0.25, -0.2) is 0 Å². The highest BCUT2D eigenvalue weighted by molar-refractivity contribution is 5.84. The SMILES string of the molecule is CC(C)(C)C1=NCC2(CC(C#N)(C#N)C2(C#N)C#N)O1. The van der Waals surface area contributed by atoms with Gasteiger partial charge in [0, 0.05) is 11.8 Å². The summed E-state index contributed by atoms with van der Waals surface area (Å²) in [6.45, 7) is 5.86. The number of hydrogen-bond donors (Lipinski definition) is 0. The van der Waals surface area contributed by atoms with E-state index in [0.717, 1.165) is 0 Å². The van der Waals surface area contributed by atoms with E-state index >= 15 is 0 Å². The van der Waals surface area contributed by atoms with E-state index < -0.39 is 16.4 Å². The zero-order valence-electron chi connectivity index (χ0n) is 11.6. The van der Waals surface area contributed by atoms with E-state index in [9.17, 15) is 21.0 Å². The van der Waals surface area contributed by atoms with Crippen molar-refractivity contribution in [2.75, 3.05) is 6.54 Å². The first kappa shape index (κ1) is 13.9. The monoisotopic (exact) mass is 267 g/mol. The minimum Gasteiger partial charge on any atom is -0.469 e. The molecule has 1 aliphatic carbocycles. The molecule has 1 spiro atoms. The molecule has 0 aromatic heterocycles. The van der Waals surface area contributed by atoms with Crippen LogP contribution in [0.15, 0.2) is 4.99 Å². The average Bonchev–Trinajstić information content (AvgIpc) is 2.84. The lowest BCUT2D eigenvalue weighted by molar-refractivity contribution is -0.135. The summed E-state index contributed by atoms with van der Waals surface area (Å²) in [6.07, 6.45) is 0.0250. The van der Waals surface area contributed by atoms with E-state index in [1.807, 2.05) is 45.0 Å². The van der Waals surface area contributed by atoms with Gasteiger partial charge in [-0.15, -0.1) is 0 Å². The fraction of sp³-hybridized carbons (Fsp3) is 0.643. The van der Waals surface area contributed by atoms with Gasteiger partial charge in [-0.05, 0) is 0 Å². The van der Waals surface area contributed by atoms with Crippen LogP contribution in [0.1, 0.15) is 27.2 Å². The molecule has 0 aromatic carbocycles. The first-order valence-electron chi connectivity index (χ1n) is 6.15. The molecule has 0 amide bonds. The Morgan fingerprint density at radius 1 is 1.05 bits per heavy atom. The van der Waals surface area contributed by atoms with E-state index in [2.05, 4.69) is 4.99 Å². The molecule has 0 bridgehead atoms. The maximum Gasteiger partial charge on any atom is 0.216 e. The van der Waals surface area contributed by atoms with Crippen LogP contribution in [-0.2, 0) is 4.74 Å². The van der Waals surface area contributed by atoms with E-state index in [4.69, 9.17) is 4.74 Å². The zero-order valence-corrected chi connectivity index (χ0v) is 11.6. The topological polar surface area (TPSA) is 117 Å². The molecule has 2 rings (SSSR count). The molecule has 1 saturated carbocycles. The summed E-state index contributed by atoms with van der Waals surface area (Å²) in [5.74, 6) is 0.455. The van der Waals surface area contributed by atoms with E-state index in [1.165, 1.54) is 0 Å². The Morgan fingerprint density at radius 2 is 1.60 bits per heavy atom. The summed E-state index contributed by atoms with van der Waals surface area (Å²) in [5, 5.41) is 37.4. The second kappa shape index (κ2) is 3.72. The highest BCUT2D eigenvalue weighted by Gasteiger charge is 2.81. The number of nitriles is 4. The second-order valence-corrected chi connectivity index (χ2v) is 6.25. The van der Waals surface area contributed by atoms with Crippen LogP contribution in [0.4, 0.5) is 0 Å². The van der Waals surface area contributed by atoms with Crippen LogP contribution >= 0.6 is 0 Å². The van der Waals surface area contributed by atoms with Gasteiger partial charge in [0.2, 0.25) is 5.41 Å². The molecule has 0 aromatic rings. The van der Waals surface area contributed by atoms with E-state index in [0.29, 0.717) is 5.90 Å². The molecular formula is C14H13N5O. The summed E-state index contributed by atoms with van der Waals surface area (Å²) in [5.41, 5.74) is -4.98. The number of ether oxygens (including phenoxy) is 1. The van der Waals surface area contributed by atoms with Gasteiger partial charge in [0.15, 0.2) is 16.9 Å². The lowest BCUT2D eigenvalue weighted by Crippen LogP contribution is -2.70. The minimum atomic E-state index is -1.81. The predicted octanol–water partition coefficient (Wildman–Crippen LogP) is 1.67. The molecular weight excluding hydrogens is 254 g/mol. The van der Waals surface area contributed by atoms with Gasteiger partial charge >= 0.3 is 0 Å². The van der Waals surface area contributed by atoms with Crippen molar-refractivity contribution in [2.45, 2.75) is 32.8 Å². The molecule has 6 nitrogen and oxygen atoms in total. The van der Waals surface area contributed by atoms with Crippen molar-refractivity contribution in [1.82, 2.24) is 0 Å². The number of nitrogens with zero attached hydrogens (tertiary/aromatic N) is 5. The fourth-order valence-electron chi connectivity index (χ4n) is 2.79. The third kappa shape index (κ3) is 1.26. The summed E-state index contributed by atoms with van der Waals surface area (Å²) in [7, 11) is 0. The Balaban J connectivity index is 2.46. The standard InChI is InChI=1S/C14H13N5O/c1-11(2,3)10-19-9-14(20-10)4-12(5-15,6-16)13(14,7-17)8-18/h4,9H2,1-3H3. The maximum absolute atomic E-state index is 9.44. The van der Waals surface area contributed by atoms with Crippen LogP contribution in [0.2, 0.25) is 0 Å². The molecule has 1 fully saturated rings. The summed E-state index contributed by atoms with van der Waals surface area (Å²) < 4.78 is 5.81. The Bertz CT molecular complexity index is 630. The third-order valence-corrected chi connectivity index (χ3v) is 4.00. The van der Waals surface area contributed by atoms with Gasteiger partial charge < -0.3 is 4.74 Å². The van der Waals surface area contributed by atoms with Gasteiger partial charge in [0.1, 0.15) is 0 Å². The minimum absolute atomic E-state index is 0.0250. The maximum atomic E-state index is 9.44. The Kier molecular flexibility index (Phi) is 2.58. The first-order chi connectivity index (χ1) is 9.26. The largest absolute Gasteiger partial charge is 0.469 e. The van der Waals surface area contributed by atoms with Gasteiger partial charge in [-0.1, -0.05) is 20.8 Å². The summed E-state index contributed by atoms with van der Waals surface area (Å²) >= 11 is 0. The van der Waals surface area contributed by atoms with Crippen molar-refractivity contribution in [3.8, 4) is 24.3 Å². The van der Waals surface area contributed by atoms with Crippen LogP contribution in [-0.4, -0.2) is 18.0 Å². The third-order valence-electron chi connectivity index (χ3n) is 4.00. The molecule has 20 heavy (non-hydrogen) atoms. The van der Waals surface area contributed by atoms with Crippen molar-refractivity contribution < 1.29 is 4.74 Å². The average molecular weight is 267 g/mol. The molecule has 1 heterocycles. The van der Waals surface area contributed by atoms with E-state index in [1.54, 1.807) is 0 Å². The van der Waals surface area contributed by atoms with Crippen molar-refractivity contribution in [3.05, 3.63) is 0 Å². The Hall–Kier alpha value is -2.57. The van der Waals surface area contributed by atoms with Crippen LogP contribution < -0.4 is 0 Å². The smallest absolute Gasteiger partial charge is 0.216 e.